The monoisotopic (exact) mass is 284 g/mol. The molecule has 1 aromatic rings. The Bertz CT molecular complexity index is 414. The number of aliphatic hydroxyl groups is 1. The standard InChI is InChI=1S/C13H20N2O3S/c1-3-13(18,4-2)9-15-11(16)8-14-12(17)10-6-5-7-19-10/h5-7,18H,3-4,8-9H2,1-2H3,(H,14,17)(H,15,16). The molecule has 0 unspecified atom stereocenters. The Labute approximate surface area is 117 Å². The van der Waals surface area contributed by atoms with Crippen molar-refractivity contribution in [2.45, 2.75) is 32.3 Å². The minimum absolute atomic E-state index is 0.0831. The Morgan fingerprint density at radius 2 is 2.00 bits per heavy atom. The molecule has 0 aromatic carbocycles. The molecule has 0 saturated heterocycles. The van der Waals surface area contributed by atoms with Gasteiger partial charge in [-0.05, 0) is 24.3 Å². The Balaban J connectivity index is 2.30. The third-order valence-electron chi connectivity index (χ3n) is 3.09. The van der Waals surface area contributed by atoms with Gasteiger partial charge in [0.1, 0.15) is 0 Å². The topological polar surface area (TPSA) is 78.4 Å². The quantitative estimate of drug-likeness (QED) is 0.702. The van der Waals surface area contributed by atoms with Crippen molar-refractivity contribution in [3.8, 4) is 0 Å². The molecular formula is C13H20N2O3S. The van der Waals surface area contributed by atoms with E-state index < -0.39 is 5.60 Å². The predicted molar refractivity (Wildman–Crippen MR) is 75.2 cm³/mol. The maximum Gasteiger partial charge on any atom is 0.261 e. The summed E-state index contributed by atoms with van der Waals surface area (Å²) >= 11 is 1.32. The molecule has 3 N–H and O–H groups in total. The molecule has 0 spiro atoms. The number of thiophene rings is 1. The summed E-state index contributed by atoms with van der Waals surface area (Å²) in [5.41, 5.74) is -0.868. The average Bonchev–Trinajstić information content (AvgIpc) is 2.96. The molecule has 0 aliphatic heterocycles. The summed E-state index contributed by atoms with van der Waals surface area (Å²) in [7, 11) is 0. The van der Waals surface area contributed by atoms with Gasteiger partial charge < -0.3 is 15.7 Å². The second-order valence-electron chi connectivity index (χ2n) is 4.37. The first-order valence-corrected chi connectivity index (χ1v) is 7.19. The van der Waals surface area contributed by atoms with Gasteiger partial charge in [-0.15, -0.1) is 11.3 Å². The summed E-state index contributed by atoms with van der Waals surface area (Å²) < 4.78 is 0. The molecule has 1 aromatic heterocycles. The van der Waals surface area contributed by atoms with E-state index in [4.69, 9.17) is 0 Å². The summed E-state index contributed by atoms with van der Waals surface area (Å²) in [5, 5.41) is 17.0. The van der Waals surface area contributed by atoms with Crippen LogP contribution in [0.1, 0.15) is 36.4 Å². The van der Waals surface area contributed by atoms with E-state index in [-0.39, 0.29) is 24.9 Å². The largest absolute Gasteiger partial charge is 0.388 e. The Hall–Kier alpha value is -1.40. The van der Waals surface area contributed by atoms with Gasteiger partial charge in [0.25, 0.3) is 5.91 Å². The fourth-order valence-corrected chi connectivity index (χ4v) is 2.12. The van der Waals surface area contributed by atoms with Crippen molar-refractivity contribution in [2.24, 2.45) is 0 Å². The van der Waals surface area contributed by atoms with E-state index in [0.29, 0.717) is 17.7 Å². The van der Waals surface area contributed by atoms with Gasteiger partial charge in [0, 0.05) is 6.54 Å². The van der Waals surface area contributed by atoms with Gasteiger partial charge in [0.2, 0.25) is 5.91 Å². The van der Waals surface area contributed by atoms with Gasteiger partial charge >= 0.3 is 0 Å². The zero-order valence-corrected chi connectivity index (χ0v) is 12.0. The average molecular weight is 284 g/mol. The number of carbonyl (C=O) groups excluding carboxylic acids is 2. The van der Waals surface area contributed by atoms with Crippen LogP contribution in [-0.2, 0) is 4.79 Å². The number of amides is 2. The molecule has 5 nitrogen and oxygen atoms in total. The van der Waals surface area contributed by atoms with Crippen molar-refractivity contribution < 1.29 is 14.7 Å². The van der Waals surface area contributed by atoms with Crippen LogP contribution in [-0.4, -0.2) is 35.6 Å². The van der Waals surface area contributed by atoms with Crippen LogP contribution in [0.2, 0.25) is 0 Å². The van der Waals surface area contributed by atoms with Crippen molar-refractivity contribution in [3.05, 3.63) is 22.4 Å². The van der Waals surface area contributed by atoms with Crippen molar-refractivity contribution in [2.75, 3.05) is 13.1 Å². The normalized spacial score (nSPS) is 11.1. The molecule has 19 heavy (non-hydrogen) atoms. The first-order chi connectivity index (χ1) is 9.00. The third kappa shape index (κ3) is 5.00. The lowest BCUT2D eigenvalue weighted by Crippen LogP contribution is -2.45. The maximum atomic E-state index is 11.6. The highest BCUT2D eigenvalue weighted by Crippen LogP contribution is 2.12. The lowest BCUT2D eigenvalue weighted by atomic mass is 9.98. The number of rotatable bonds is 7. The first kappa shape index (κ1) is 15.7. The van der Waals surface area contributed by atoms with E-state index >= 15 is 0 Å². The number of hydrogen-bond donors (Lipinski definition) is 3. The molecule has 0 radical (unpaired) electrons. The second-order valence-corrected chi connectivity index (χ2v) is 5.32. The molecule has 106 valence electrons. The van der Waals surface area contributed by atoms with E-state index in [1.54, 1.807) is 17.5 Å². The molecule has 0 atom stereocenters. The van der Waals surface area contributed by atoms with Crippen molar-refractivity contribution in [1.29, 1.82) is 0 Å². The predicted octanol–water partition coefficient (Wildman–Crippen LogP) is 1.15. The molecule has 0 aliphatic carbocycles. The highest BCUT2D eigenvalue weighted by atomic mass is 32.1. The molecule has 0 aliphatic rings. The minimum atomic E-state index is -0.868. The van der Waals surface area contributed by atoms with Crippen LogP contribution in [0.4, 0.5) is 0 Å². The Morgan fingerprint density at radius 3 is 2.53 bits per heavy atom. The van der Waals surface area contributed by atoms with Crippen LogP contribution in [0.15, 0.2) is 17.5 Å². The van der Waals surface area contributed by atoms with Gasteiger partial charge in [-0.1, -0.05) is 19.9 Å². The van der Waals surface area contributed by atoms with Gasteiger partial charge in [-0.3, -0.25) is 9.59 Å². The van der Waals surface area contributed by atoms with Crippen LogP contribution in [0.25, 0.3) is 0 Å². The van der Waals surface area contributed by atoms with Crippen LogP contribution in [0, 0.1) is 0 Å². The summed E-state index contributed by atoms with van der Waals surface area (Å²) in [4.78, 5) is 23.7. The summed E-state index contributed by atoms with van der Waals surface area (Å²) in [6.07, 6.45) is 1.15. The van der Waals surface area contributed by atoms with Crippen LogP contribution < -0.4 is 10.6 Å². The smallest absolute Gasteiger partial charge is 0.261 e. The first-order valence-electron chi connectivity index (χ1n) is 6.31. The van der Waals surface area contributed by atoms with Crippen molar-refractivity contribution in [1.82, 2.24) is 10.6 Å². The summed E-state index contributed by atoms with van der Waals surface area (Å²) in [6.45, 7) is 3.86. The van der Waals surface area contributed by atoms with Gasteiger partial charge in [0.05, 0.1) is 17.0 Å². The van der Waals surface area contributed by atoms with E-state index in [9.17, 15) is 14.7 Å². The molecule has 0 fully saturated rings. The molecular weight excluding hydrogens is 264 g/mol. The summed E-state index contributed by atoms with van der Waals surface area (Å²) in [6, 6.07) is 3.48. The molecule has 1 rings (SSSR count). The van der Waals surface area contributed by atoms with Crippen molar-refractivity contribution >= 4 is 23.2 Å². The Morgan fingerprint density at radius 1 is 1.32 bits per heavy atom. The maximum absolute atomic E-state index is 11.6. The number of hydrogen-bond acceptors (Lipinski definition) is 4. The van der Waals surface area contributed by atoms with Gasteiger partial charge in [-0.2, -0.15) is 0 Å². The van der Waals surface area contributed by atoms with E-state index in [2.05, 4.69) is 10.6 Å². The molecule has 1 heterocycles. The molecule has 6 heteroatoms. The fraction of sp³-hybridized carbons (Fsp3) is 0.538. The molecule has 0 bridgehead atoms. The fourth-order valence-electron chi connectivity index (χ4n) is 1.48. The zero-order chi connectivity index (χ0) is 14.3. The van der Waals surface area contributed by atoms with Crippen molar-refractivity contribution in [3.63, 3.8) is 0 Å². The van der Waals surface area contributed by atoms with E-state index in [1.165, 1.54) is 11.3 Å². The van der Waals surface area contributed by atoms with Crippen LogP contribution in [0.3, 0.4) is 0 Å². The lowest BCUT2D eigenvalue weighted by molar-refractivity contribution is -0.121. The van der Waals surface area contributed by atoms with Crippen LogP contribution >= 0.6 is 11.3 Å². The van der Waals surface area contributed by atoms with E-state index in [1.807, 2.05) is 13.8 Å². The summed E-state index contributed by atoms with van der Waals surface area (Å²) in [5.74, 6) is -0.559. The Kier molecular flexibility index (Phi) is 5.98. The van der Waals surface area contributed by atoms with Gasteiger partial charge in [0.15, 0.2) is 0 Å². The number of nitrogens with one attached hydrogen (secondary N) is 2. The molecule has 0 saturated carbocycles. The third-order valence-corrected chi connectivity index (χ3v) is 3.95. The minimum Gasteiger partial charge on any atom is -0.388 e. The number of carbonyl (C=O) groups is 2. The highest BCUT2D eigenvalue weighted by Gasteiger charge is 2.22. The SMILES string of the molecule is CCC(O)(CC)CNC(=O)CNC(=O)c1cccs1. The van der Waals surface area contributed by atoms with Gasteiger partial charge in [-0.25, -0.2) is 0 Å². The second kappa shape index (κ2) is 7.25. The molecule has 2 amide bonds. The zero-order valence-electron chi connectivity index (χ0n) is 11.2. The van der Waals surface area contributed by atoms with Crippen LogP contribution in [0.5, 0.6) is 0 Å². The lowest BCUT2D eigenvalue weighted by Gasteiger charge is -2.25. The van der Waals surface area contributed by atoms with E-state index in [0.717, 1.165) is 0 Å². The highest BCUT2D eigenvalue weighted by molar-refractivity contribution is 7.12.